The molecule has 182 valence electrons. The van der Waals surface area contributed by atoms with E-state index in [0.29, 0.717) is 6.42 Å². The van der Waals surface area contributed by atoms with Crippen LogP contribution in [-0.4, -0.2) is 21.4 Å². The summed E-state index contributed by atoms with van der Waals surface area (Å²) >= 11 is 0. The molecular formula is C30H50O2. The minimum atomic E-state index is -0.802. The molecule has 0 aromatic rings. The van der Waals surface area contributed by atoms with Crippen LogP contribution in [-0.2, 0) is 0 Å². The van der Waals surface area contributed by atoms with Gasteiger partial charge < -0.3 is 10.2 Å². The first-order valence-electron chi connectivity index (χ1n) is 12.3. The lowest BCUT2D eigenvalue weighted by Crippen LogP contribution is -2.25. The van der Waals surface area contributed by atoms with Gasteiger partial charge in [-0.1, -0.05) is 58.7 Å². The second-order valence-corrected chi connectivity index (χ2v) is 9.96. The van der Waals surface area contributed by atoms with E-state index in [1.807, 2.05) is 0 Å². The number of aliphatic hydroxyl groups is 2. The van der Waals surface area contributed by atoms with Crippen molar-refractivity contribution in [2.75, 3.05) is 0 Å². The number of allylic oxidation sites excluding steroid dienone is 8. The van der Waals surface area contributed by atoms with Gasteiger partial charge in [0.15, 0.2) is 0 Å². The number of hydrogen-bond acceptors (Lipinski definition) is 2. The van der Waals surface area contributed by atoms with Crippen LogP contribution in [0.25, 0.3) is 0 Å². The van der Waals surface area contributed by atoms with Crippen molar-refractivity contribution in [1.29, 1.82) is 0 Å². The van der Waals surface area contributed by atoms with Gasteiger partial charge in [0.1, 0.15) is 0 Å². The highest BCUT2D eigenvalue weighted by atomic mass is 16.3. The van der Waals surface area contributed by atoms with Gasteiger partial charge in [-0.2, -0.15) is 0 Å². The Labute approximate surface area is 199 Å². The Morgan fingerprint density at radius 2 is 1.09 bits per heavy atom. The Balaban J connectivity index is 4.41. The third-order valence-electron chi connectivity index (χ3n) is 6.11. The maximum atomic E-state index is 10.9. The summed E-state index contributed by atoms with van der Waals surface area (Å²) in [6.07, 6.45) is 21.3. The van der Waals surface area contributed by atoms with Crippen LogP contribution < -0.4 is 0 Å². The van der Waals surface area contributed by atoms with Crippen molar-refractivity contribution in [3.05, 3.63) is 71.9 Å². The summed E-state index contributed by atoms with van der Waals surface area (Å²) in [5.74, 6) is 0. The first kappa shape index (κ1) is 30.4. The van der Waals surface area contributed by atoms with Crippen molar-refractivity contribution in [1.82, 2.24) is 0 Å². The van der Waals surface area contributed by atoms with E-state index in [2.05, 4.69) is 72.1 Å². The normalized spacial score (nSPS) is 16.8. The molecule has 0 aliphatic rings. The van der Waals surface area contributed by atoms with Crippen molar-refractivity contribution < 1.29 is 10.2 Å². The second-order valence-electron chi connectivity index (χ2n) is 9.96. The molecule has 0 aromatic carbocycles. The molecule has 0 fully saturated rings. The van der Waals surface area contributed by atoms with Crippen molar-refractivity contribution >= 4 is 0 Å². The predicted molar refractivity (Wildman–Crippen MR) is 143 cm³/mol. The smallest absolute Gasteiger partial charge is 0.0831 e. The van der Waals surface area contributed by atoms with E-state index in [1.165, 1.54) is 22.3 Å². The number of hydrogen-bond donors (Lipinski definition) is 2. The third-order valence-corrected chi connectivity index (χ3v) is 6.11. The summed E-state index contributed by atoms with van der Waals surface area (Å²) in [4.78, 5) is 0. The first-order chi connectivity index (χ1) is 14.9. The fraction of sp³-hybridized carbons (Fsp3) is 0.600. The van der Waals surface area contributed by atoms with Crippen molar-refractivity contribution in [3.63, 3.8) is 0 Å². The minimum Gasteiger partial charge on any atom is -0.386 e. The molecule has 2 atom stereocenters. The van der Waals surface area contributed by atoms with E-state index in [9.17, 15) is 10.2 Å². The zero-order chi connectivity index (χ0) is 24.6. The standard InChI is InChI=1S/C30H50O2/c1-9-29(8,31)22-13-19-27(6)17-12-18-28(7)21-24-30(32,10-2)23-14-20-26(5)16-11-15-25(3)4/h9-10,15,18-20,31-32H,1-2,11-14,16-17,21-24H2,3-8H3. The lowest BCUT2D eigenvalue weighted by atomic mass is 9.90. The van der Waals surface area contributed by atoms with Crippen LogP contribution in [0.4, 0.5) is 0 Å². The zero-order valence-corrected chi connectivity index (χ0v) is 21.8. The molecule has 0 saturated heterocycles. The van der Waals surface area contributed by atoms with Gasteiger partial charge in [-0.25, -0.2) is 0 Å². The summed E-state index contributed by atoms with van der Waals surface area (Å²) in [7, 11) is 0. The molecule has 2 nitrogen and oxygen atoms in total. The largest absolute Gasteiger partial charge is 0.386 e. The topological polar surface area (TPSA) is 40.5 Å². The molecule has 0 bridgehead atoms. The first-order valence-corrected chi connectivity index (χ1v) is 12.3. The Hall–Kier alpha value is -1.64. The Kier molecular flexibility index (Phi) is 15.2. The van der Waals surface area contributed by atoms with Gasteiger partial charge in [-0.15, -0.1) is 13.2 Å². The van der Waals surface area contributed by atoms with Crippen LogP contribution in [0.3, 0.4) is 0 Å². The summed E-state index contributed by atoms with van der Waals surface area (Å²) in [6.45, 7) is 20.1. The molecule has 0 spiro atoms. The van der Waals surface area contributed by atoms with E-state index >= 15 is 0 Å². The molecule has 0 rings (SSSR count). The molecule has 2 N–H and O–H groups in total. The van der Waals surface area contributed by atoms with E-state index in [4.69, 9.17) is 0 Å². The molecule has 0 amide bonds. The van der Waals surface area contributed by atoms with Gasteiger partial charge in [-0.05, 0) is 106 Å². The molecule has 0 saturated carbocycles. The highest BCUT2D eigenvalue weighted by molar-refractivity contribution is 5.08. The lowest BCUT2D eigenvalue weighted by molar-refractivity contribution is 0.0738. The average Bonchev–Trinajstić information content (AvgIpc) is 2.72. The maximum absolute atomic E-state index is 10.9. The van der Waals surface area contributed by atoms with Crippen LogP contribution in [0, 0.1) is 0 Å². The summed E-state index contributed by atoms with van der Waals surface area (Å²) < 4.78 is 0. The summed E-state index contributed by atoms with van der Waals surface area (Å²) in [6, 6.07) is 0. The lowest BCUT2D eigenvalue weighted by Gasteiger charge is -2.24. The molecule has 0 radical (unpaired) electrons. The predicted octanol–water partition coefficient (Wildman–Crippen LogP) is 8.55. The Morgan fingerprint density at radius 1 is 0.625 bits per heavy atom. The monoisotopic (exact) mass is 442 g/mol. The van der Waals surface area contributed by atoms with Gasteiger partial charge in [-0.3, -0.25) is 0 Å². The van der Waals surface area contributed by atoms with Crippen molar-refractivity contribution in [2.24, 2.45) is 0 Å². The molecule has 2 unspecified atom stereocenters. The van der Waals surface area contributed by atoms with Gasteiger partial charge in [0.25, 0.3) is 0 Å². The van der Waals surface area contributed by atoms with Crippen LogP contribution >= 0.6 is 0 Å². The van der Waals surface area contributed by atoms with Crippen LogP contribution in [0.5, 0.6) is 0 Å². The van der Waals surface area contributed by atoms with Crippen LogP contribution in [0.1, 0.15) is 106 Å². The quantitative estimate of drug-likeness (QED) is 0.221. The molecule has 32 heavy (non-hydrogen) atoms. The Morgan fingerprint density at radius 3 is 1.59 bits per heavy atom. The van der Waals surface area contributed by atoms with Crippen molar-refractivity contribution in [3.8, 4) is 0 Å². The second kappa shape index (κ2) is 16.0. The van der Waals surface area contributed by atoms with E-state index in [-0.39, 0.29) is 0 Å². The highest BCUT2D eigenvalue weighted by Gasteiger charge is 2.21. The molecule has 0 aliphatic heterocycles. The fourth-order valence-electron chi connectivity index (χ4n) is 3.47. The maximum Gasteiger partial charge on any atom is 0.0831 e. The van der Waals surface area contributed by atoms with Crippen LogP contribution in [0.15, 0.2) is 71.9 Å². The van der Waals surface area contributed by atoms with E-state index in [0.717, 1.165) is 57.8 Å². The van der Waals surface area contributed by atoms with E-state index in [1.54, 1.807) is 19.1 Å². The molecular weight excluding hydrogens is 392 g/mol. The van der Waals surface area contributed by atoms with Crippen molar-refractivity contribution in [2.45, 2.75) is 117 Å². The SMILES string of the molecule is C=CC(C)(O)CCC=C(C)CCC=C(C)CCC(O)(C=C)CCC=C(C)CCC=C(C)C. The van der Waals surface area contributed by atoms with Gasteiger partial charge >= 0.3 is 0 Å². The summed E-state index contributed by atoms with van der Waals surface area (Å²) in [5.41, 5.74) is 3.84. The molecule has 2 heteroatoms. The van der Waals surface area contributed by atoms with Gasteiger partial charge in [0, 0.05) is 0 Å². The molecule has 0 aliphatic carbocycles. The fourth-order valence-corrected chi connectivity index (χ4v) is 3.47. The molecule has 0 heterocycles. The highest BCUT2D eigenvalue weighted by Crippen LogP contribution is 2.25. The third kappa shape index (κ3) is 16.1. The van der Waals surface area contributed by atoms with Gasteiger partial charge in [0.2, 0.25) is 0 Å². The average molecular weight is 443 g/mol. The molecule has 0 aromatic heterocycles. The Bertz CT molecular complexity index is 684. The van der Waals surface area contributed by atoms with E-state index < -0.39 is 11.2 Å². The summed E-state index contributed by atoms with van der Waals surface area (Å²) in [5, 5.41) is 20.9. The van der Waals surface area contributed by atoms with Crippen LogP contribution in [0.2, 0.25) is 0 Å². The van der Waals surface area contributed by atoms with Gasteiger partial charge in [0.05, 0.1) is 11.2 Å². The minimum absolute atomic E-state index is 0.701. The zero-order valence-electron chi connectivity index (χ0n) is 21.8. The number of rotatable bonds is 17.